The van der Waals surface area contributed by atoms with Gasteiger partial charge in [-0.1, -0.05) is 13.8 Å². The first-order chi connectivity index (χ1) is 15.6. The number of nitrogens with two attached hydrogens (primary N) is 1. The van der Waals surface area contributed by atoms with Crippen LogP contribution in [0.25, 0.3) is 10.9 Å². The van der Waals surface area contributed by atoms with Gasteiger partial charge in [-0.25, -0.2) is 14.4 Å². The van der Waals surface area contributed by atoms with E-state index in [1.54, 1.807) is 25.3 Å². The van der Waals surface area contributed by atoms with E-state index in [1.165, 1.54) is 44.4 Å². The molecule has 7 nitrogen and oxygen atoms in total. The summed E-state index contributed by atoms with van der Waals surface area (Å²) in [6.07, 6.45) is 4.87. The molecule has 2 N–H and O–H groups in total. The van der Waals surface area contributed by atoms with E-state index in [0.717, 1.165) is 13.0 Å². The van der Waals surface area contributed by atoms with Gasteiger partial charge in [0.25, 0.3) is 0 Å². The Balaban J connectivity index is 0.00000141. The first-order valence-electron chi connectivity index (χ1n) is 11.0. The van der Waals surface area contributed by atoms with Gasteiger partial charge in [0, 0.05) is 24.4 Å². The fourth-order valence-corrected chi connectivity index (χ4v) is 3.57. The minimum Gasteiger partial charge on any atom is -0.493 e. The molecule has 0 unspecified atom stereocenters. The molecule has 1 fully saturated rings. The van der Waals surface area contributed by atoms with Crippen LogP contribution in [0, 0.1) is 5.82 Å². The Morgan fingerprint density at radius 2 is 1.81 bits per heavy atom. The number of hydrogen-bond donors (Lipinski definition) is 1. The lowest BCUT2D eigenvalue weighted by Gasteiger charge is -2.16. The fourth-order valence-electron chi connectivity index (χ4n) is 3.57. The highest BCUT2D eigenvalue weighted by Gasteiger charge is 2.15. The van der Waals surface area contributed by atoms with Crippen LogP contribution in [0.3, 0.4) is 0 Å². The third-order valence-electron chi connectivity index (χ3n) is 5.12. The summed E-state index contributed by atoms with van der Waals surface area (Å²) in [6.45, 7) is 7.97. The van der Waals surface area contributed by atoms with Gasteiger partial charge in [-0.15, -0.1) is 0 Å². The van der Waals surface area contributed by atoms with Crippen LogP contribution in [0.2, 0.25) is 0 Å². The molecular weight excluding hydrogens is 411 g/mol. The van der Waals surface area contributed by atoms with Gasteiger partial charge < -0.3 is 24.8 Å². The average molecular weight is 443 g/mol. The molecule has 0 radical (unpaired) electrons. The minimum absolute atomic E-state index is 0.0328. The molecule has 172 valence electrons. The molecule has 1 aliphatic rings. The number of likely N-dealkylation sites (tertiary alicyclic amines) is 1. The Morgan fingerprint density at radius 1 is 1.03 bits per heavy atom. The number of nitrogen functional groups attached to an aromatic ring is 1. The summed E-state index contributed by atoms with van der Waals surface area (Å²) in [5.74, 6) is 0.843. The second kappa shape index (κ2) is 11.5. The Bertz CT molecular complexity index is 1030. The van der Waals surface area contributed by atoms with Crippen molar-refractivity contribution >= 4 is 16.6 Å². The van der Waals surface area contributed by atoms with E-state index in [4.69, 9.17) is 19.9 Å². The molecule has 0 atom stereocenters. The first kappa shape index (κ1) is 23.5. The second-order valence-electron chi connectivity index (χ2n) is 7.24. The molecule has 0 bridgehead atoms. The lowest BCUT2D eigenvalue weighted by molar-refractivity contribution is 0.254. The van der Waals surface area contributed by atoms with E-state index < -0.39 is 5.82 Å². The van der Waals surface area contributed by atoms with E-state index in [2.05, 4.69) is 14.9 Å². The van der Waals surface area contributed by atoms with E-state index in [9.17, 15) is 4.39 Å². The molecule has 3 aromatic rings. The second-order valence-corrected chi connectivity index (χ2v) is 7.24. The Hall–Kier alpha value is -3.13. The van der Waals surface area contributed by atoms with Crippen LogP contribution < -0.4 is 19.9 Å². The highest BCUT2D eigenvalue weighted by Crippen LogP contribution is 2.36. The molecule has 8 heteroatoms. The number of anilines is 1. The topological polar surface area (TPSA) is 82.7 Å². The van der Waals surface area contributed by atoms with Crippen LogP contribution in [-0.4, -0.2) is 48.2 Å². The van der Waals surface area contributed by atoms with Gasteiger partial charge in [-0.05, 0) is 50.6 Å². The predicted octanol–water partition coefficient (Wildman–Crippen LogP) is 5.04. The molecule has 0 aliphatic carbocycles. The minimum atomic E-state index is -0.563. The number of aromatic nitrogens is 2. The van der Waals surface area contributed by atoms with E-state index in [1.807, 2.05) is 13.8 Å². The van der Waals surface area contributed by atoms with Crippen LogP contribution >= 0.6 is 0 Å². The van der Waals surface area contributed by atoms with Crippen molar-refractivity contribution in [2.45, 2.75) is 33.1 Å². The molecule has 2 heterocycles. The predicted molar refractivity (Wildman–Crippen MR) is 124 cm³/mol. The standard InChI is InChI=1S/C22H25FN4O3.C2H6/c1-28-20-12-16-18(13-21(20)29-10-4-9-27-7-2-3-8-27)25-14-26-22(16)30-19-6-5-15(24)11-17(19)23;1-2/h5-6,11-14H,2-4,7-10,24H2,1H3;1-2H3. The Labute approximate surface area is 188 Å². The van der Waals surface area contributed by atoms with Crippen LogP contribution in [-0.2, 0) is 0 Å². The Morgan fingerprint density at radius 3 is 2.53 bits per heavy atom. The molecule has 1 aliphatic heterocycles. The highest BCUT2D eigenvalue weighted by molar-refractivity contribution is 5.87. The lowest BCUT2D eigenvalue weighted by Crippen LogP contribution is -2.21. The summed E-state index contributed by atoms with van der Waals surface area (Å²) in [7, 11) is 1.57. The molecule has 1 aromatic heterocycles. The van der Waals surface area contributed by atoms with Crippen molar-refractivity contribution in [3.05, 3.63) is 42.5 Å². The van der Waals surface area contributed by atoms with Crippen molar-refractivity contribution in [1.29, 1.82) is 0 Å². The van der Waals surface area contributed by atoms with Crippen molar-refractivity contribution in [3.8, 4) is 23.1 Å². The zero-order chi connectivity index (χ0) is 22.9. The quantitative estimate of drug-likeness (QED) is 0.386. The number of halogens is 1. The van der Waals surface area contributed by atoms with Crippen molar-refractivity contribution in [3.63, 3.8) is 0 Å². The van der Waals surface area contributed by atoms with Crippen molar-refractivity contribution in [2.75, 3.05) is 39.1 Å². The molecule has 0 saturated carbocycles. The number of methoxy groups -OCH3 is 1. The third kappa shape index (κ3) is 5.76. The highest BCUT2D eigenvalue weighted by atomic mass is 19.1. The zero-order valence-corrected chi connectivity index (χ0v) is 18.9. The zero-order valence-electron chi connectivity index (χ0n) is 18.9. The summed E-state index contributed by atoms with van der Waals surface area (Å²) < 4.78 is 31.3. The van der Waals surface area contributed by atoms with Crippen molar-refractivity contribution in [1.82, 2.24) is 14.9 Å². The molecular formula is C24H31FN4O3. The van der Waals surface area contributed by atoms with Crippen LogP contribution in [0.4, 0.5) is 10.1 Å². The molecule has 4 rings (SSSR count). The van der Waals surface area contributed by atoms with Crippen LogP contribution in [0.15, 0.2) is 36.7 Å². The van der Waals surface area contributed by atoms with Gasteiger partial charge in [0.05, 0.1) is 24.6 Å². The fraction of sp³-hybridized carbons (Fsp3) is 0.417. The number of rotatable bonds is 8. The van der Waals surface area contributed by atoms with E-state index >= 15 is 0 Å². The SMILES string of the molecule is CC.COc1cc2c(Oc3ccc(N)cc3F)ncnc2cc1OCCCN1CCCC1. The summed E-state index contributed by atoms with van der Waals surface area (Å²) in [5.41, 5.74) is 6.53. The van der Waals surface area contributed by atoms with Gasteiger partial charge in [0.15, 0.2) is 23.1 Å². The molecule has 1 saturated heterocycles. The average Bonchev–Trinajstić information content (AvgIpc) is 3.33. The summed E-state index contributed by atoms with van der Waals surface area (Å²) in [5, 5.41) is 0.593. The summed E-state index contributed by atoms with van der Waals surface area (Å²) in [6, 6.07) is 7.77. The number of nitrogens with zero attached hydrogens (tertiary/aromatic N) is 3. The molecule has 32 heavy (non-hydrogen) atoms. The third-order valence-corrected chi connectivity index (χ3v) is 5.12. The Kier molecular flexibility index (Phi) is 8.44. The number of ether oxygens (including phenoxy) is 3. The lowest BCUT2D eigenvalue weighted by atomic mass is 10.2. The van der Waals surface area contributed by atoms with Crippen LogP contribution in [0.5, 0.6) is 23.1 Å². The smallest absolute Gasteiger partial charge is 0.230 e. The summed E-state index contributed by atoms with van der Waals surface area (Å²) >= 11 is 0. The van der Waals surface area contributed by atoms with E-state index in [0.29, 0.717) is 34.7 Å². The first-order valence-corrected chi connectivity index (χ1v) is 11.0. The number of benzene rings is 2. The van der Waals surface area contributed by atoms with Gasteiger partial charge in [-0.3, -0.25) is 0 Å². The normalized spacial score (nSPS) is 13.5. The maximum Gasteiger partial charge on any atom is 0.230 e. The molecule has 0 spiro atoms. The van der Waals surface area contributed by atoms with Crippen molar-refractivity contribution < 1.29 is 18.6 Å². The monoisotopic (exact) mass is 442 g/mol. The van der Waals surface area contributed by atoms with Gasteiger partial charge in [-0.2, -0.15) is 0 Å². The number of hydrogen-bond acceptors (Lipinski definition) is 7. The molecule has 2 aromatic carbocycles. The number of fused-ring (bicyclic) bond motifs is 1. The van der Waals surface area contributed by atoms with E-state index in [-0.39, 0.29) is 11.6 Å². The van der Waals surface area contributed by atoms with Crippen LogP contribution in [0.1, 0.15) is 33.1 Å². The summed E-state index contributed by atoms with van der Waals surface area (Å²) in [4.78, 5) is 10.9. The maximum atomic E-state index is 14.1. The maximum absolute atomic E-state index is 14.1. The van der Waals surface area contributed by atoms with Gasteiger partial charge >= 0.3 is 0 Å². The van der Waals surface area contributed by atoms with Crippen molar-refractivity contribution in [2.24, 2.45) is 0 Å². The largest absolute Gasteiger partial charge is 0.493 e. The van der Waals surface area contributed by atoms with Gasteiger partial charge in [0.1, 0.15) is 6.33 Å². The van der Waals surface area contributed by atoms with Gasteiger partial charge in [0.2, 0.25) is 5.88 Å². The molecule has 0 amide bonds.